The van der Waals surface area contributed by atoms with Crippen molar-refractivity contribution in [3.05, 3.63) is 29.8 Å². The van der Waals surface area contributed by atoms with Gasteiger partial charge in [-0.2, -0.15) is 0 Å². The lowest BCUT2D eigenvalue weighted by Crippen LogP contribution is -2.58. The molecule has 0 unspecified atom stereocenters. The van der Waals surface area contributed by atoms with E-state index in [-0.39, 0.29) is 5.69 Å². The van der Waals surface area contributed by atoms with Gasteiger partial charge >= 0.3 is 0 Å². The Morgan fingerprint density at radius 3 is 2.30 bits per heavy atom. The molecule has 1 N–H and O–H groups in total. The lowest BCUT2D eigenvalue weighted by molar-refractivity contribution is -0.229. The fourth-order valence-electron chi connectivity index (χ4n) is 3.62. The molecule has 0 radical (unpaired) electrons. The fourth-order valence-corrected chi connectivity index (χ4v) is 3.62. The lowest BCUT2D eigenvalue weighted by Gasteiger charge is -2.36. The van der Waals surface area contributed by atoms with Crippen molar-refractivity contribution in [2.24, 2.45) is 0 Å². The van der Waals surface area contributed by atoms with E-state index in [9.17, 15) is 13.6 Å². The van der Waals surface area contributed by atoms with E-state index in [1.807, 2.05) is 0 Å². The summed E-state index contributed by atoms with van der Waals surface area (Å²) in [6, 6.07) is 2.87. The molecular weight excluding hydrogens is 364 g/mol. The number of ether oxygens (including phenoxy) is 5. The minimum absolute atomic E-state index is 0.161. The van der Waals surface area contributed by atoms with Crippen LogP contribution in [0, 0.1) is 11.6 Å². The number of carbonyl (C=O) groups is 1. The number of hydrogen-bond acceptors (Lipinski definition) is 6. The van der Waals surface area contributed by atoms with Crippen molar-refractivity contribution in [1.29, 1.82) is 0 Å². The van der Waals surface area contributed by atoms with Crippen LogP contribution >= 0.6 is 0 Å². The van der Waals surface area contributed by atoms with Gasteiger partial charge in [0, 0.05) is 6.07 Å². The van der Waals surface area contributed by atoms with E-state index in [2.05, 4.69) is 5.32 Å². The zero-order valence-electron chi connectivity index (χ0n) is 15.3. The molecule has 3 heterocycles. The second kappa shape index (κ2) is 6.18. The van der Waals surface area contributed by atoms with E-state index in [0.29, 0.717) is 6.07 Å². The molecule has 0 bridgehead atoms. The molecule has 9 heteroatoms. The highest BCUT2D eigenvalue weighted by Crippen LogP contribution is 2.44. The molecule has 1 amide bonds. The molecule has 1 aromatic carbocycles. The summed E-state index contributed by atoms with van der Waals surface area (Å²) in [5, 5.41) is 2.41. The van der Waals surface area contributed by atoms with Crippen LogP contribution in [0.2, 0.25) is 0 Å². The van der Waals surface area contributed by atoms with Gasteiger partial charge in [0.05, 0.1) is 5.69 Å². The average molecular weight is 385 g/mol. The Hall–Kier alpha value is -1.65. The van der Waals surface area contributed by atoms with E-state index in [1.54, 1.807) is 27.7 Å². The quantitative estimate of drug-likeness (QED) is 0.842. The Morgan fingerprint density at radius 2 is 1.59 bits per heavy atom. The van der Waals surface area contributed by atoms with Gasteiger partial charge in [-0.25, -0.2) is 8.78 Å². The van der Waals surface area contributed by atoms with E-state index >= 15 is 0 Å². The Labute approximate surface area is 154 Å². The predicted octanol–water partition coefficient (Wildman–Crippen LogP) is 2.30. The van der Waals surface area contributed by atoms with Crippen LogP contribution in [0.5, 0.6) is 0 Å². The van der Waals surface area contributed by atoms with Crippen molar-refractivity contribution in [1.82, 2.24) is 0 Å². The summed E-state index contributed by atoms with van der Waals surface area (Å²) in [5.41, 5.74) is -0.161. The molecule has 3 aliphatic heterocycles. The van der Waals surface area contributed by atoms with Crippen LogP contribution < -0.4 is 5.32 Å². The van der Waals surface area contributed by atoms with E-state index in [0.717, 1.165) is 12.1 Å². The molecule has 27 heavy (non-hydrogen) atoms. The van der Waals surface area contributed by atoms with Crippen molar-refractivity contribution >= 4 is 11.6 Å². The zero-order chi connectivity index (χ0) is 19.6. The number of hydrogen-bond donors (Lipinski definition) is 1. The van der Waals surface area contributed by atoms with Gasteiger partial charge in [0.25, 0.3) is 5.91 Å². The zero-order valence-corrected chi connectivity index (χ0v) is 15.3. The van der Waals surface area contributed by atoms with Gasteiger partial charge in [0.1, 0.15) is 29.9 Å². The van der Waals surface area contributed by atoms with E-state index in [1.165, 1.54) is 0 Å². The normalized spacial score (nSPS) is 36.1. The first-order valence-corrected chi connectivity index (χ1v) is 8.67. The third-order valence-corrected chi connectivity index (χ3v) is 4.60. The van der Waals surface area contributed by atoms with Crippen molar-refractivity contribution in [2.45, 2.75) is 70.0 Å². The number of anilines is 1. The highest BCUT2D eigenvalue weighted by Gasteiger charge is 2.62. The van der Waals surface area contributed by atoms with Crippen molar-refractivity contribution in [3.63, 3.8) is 0 Å². The molecular formula is C18H21F2NO6. The number of halogens is 2. The van der Waals surface area contributed by atoms with Gasteiger partial charge < -0.3 is 29.0 Å². The second-order valence-electron chi connectivity index (χ2n) is 7.70. The van der Waals surface area contributed by atoms with Crippen molar-refractivity contribution < 1.29 is 37.3 Å². The molecule has 5 atom stereocenters. The van der Waals surface area contributed by atoms with Crippen LogP contribution in [0.3, 0.4) is 0 Å². The van der Waals surface area contributed by atoms with Crippen LogP contribution in [0.4, 0.5) is 14.5 Å². The van der Waals surface area contributed by atoms with Gasteiger partial charge in [-0.15, -0.1) is 0 Å². The van der Waals surface area contributed by atoms with Crippen LogP contribution in [0.15, 0.2) is 18.2 Å². The third-order valence-electron chi connectivity index (χ3n) is 4.60. The van der Waals surface area contributed by atoms with Gasteiger partial charge in [-0.1, -0.05) is 0 Å². The highest BCUT2D eigenvalue weighted by atomic mass is 19.1. The van der Waals surface area contributed by atoms with Gasteiger partial charge in [-0.3, -0.25) is 4.79 Å². The number of amides is 1. The monoisotopic (exact) mass is 385 g/mol. The predicted molar refractivity (Wildman–Crippen MR) is 87.5 cm³/mol. The molecule has 0 saturated carbocycles. The van der Waals surface area contributed by atoms with Gasteiger partial charge in [0.2, 0.25) is 0 Å². The first kappa shape index (κ1) is 18.7. The van der Waals surface area contributed by atoms with Crippen molar-refractivity contribution in [2.75, 3.05) is 5.32 Å². The summed E-state index contributed by atoms with van der Waals surface area (Å²) in [7, 11) is 0. The van der Waals surface area contributed by atoms with Crippen LogP contribution in [0.25, 0.3) is 0 Å². The minimum Gasteiger partial charge on any atom is -0.342 e. The van der Waals surface area contributed by atoms with Crippen LogP contribution in [0.1, 0.15) is 27.7 Å². The number of fused-ring (bicyclic) bond motifs is 3. The number of rotatable bonds is 2. The second-order valence-corrected chi connectivity index (χ2v) is 7.70. The summed E-state index contributed by atoms with van der Waals surface area (Å²) in [6.07, 6.45) is -3.91. The first-order chi connectivity index (χ1) is 12.5. The largest absolute Gasteiger partial charge is 0.342 e. The Morgan fingerprint density at radius 1 is 0.963 bits per heavy atom. The summed E-state index contributed by atoms with van der Waals surface area (Å²) in [5.74, 6) is -4.15. The molecule has 3 fully saturated rings. The molecule has 3 saturated heterocycles. The maximum Gasteiger partial charge on any atom is 0.256 e. The van der Waals surface area contributed by atoms with Crippen LogP contribution in [-0.4, -0.2) is 48.2 Å². The molecule has 148 valence electrons. The summed E-state index contributed by atoms with van der Waals surface area (Å²) < 4.78 is 56.1. The number of nitrogens with one attached hydrogen (secondary N) is 1. The minimum atomic E-state index is -1.13. The Bertz CT molecular complexity index is 770. The first-order valence-electron chi connectivity index (χ1n) is 8.67. The molecule has 0 aliphatic carbocycles. The number of carbonyl (C=O) groups excluding carboxylic acids is 1. The molecule has 3 aliphatic rings. The highest BCUT2D eigenvalue weighted by molar-refractivity contribution is 5.95. The van der Waals surface area contributed by atoms with Crippen LogP contribution in [-0.2, 0) is 28.5 Å². The Kier molecular flexibility index (Phi) is 4.28. The Balaban J connectivity index is 1.59. The SMILES string of the molecule is CC1(C)O[C@@H]2O[C@@H](C(=O)Nc3ccc(F)cc3F)[C@H]3OC(C)(C)O[C@@H]3[C@H]2O1. The number of benzene rings is 1. The van der Waals surface area contributed by atoms with Crippen molar-refractivity contribution in [3.8, 4) is 0 Å². The van der Waals surface area contributed by atoms with Gasteiger partial charge in [-0.05, 0) is 39.8 Å². The third kappa shape index (κ3) is 3.45. The smallest absolute Gasteiger partial charge is 0.256 e. The average Bonchev–Trinajstić information content (AvgIpc) is 3.03. The lowest BCUT2D eigenvalue weighted by atomic mass is 9.98. The maximum absolute atomic E-state index is 13.9. The summed E-state index contributed by atoms with van der Waals surface area (Å²) >= 11 is 0. The summed E-state index contributed by atoms with van der Waals surface area (Å²) in [6.45, 7) is 6.90. The fraction of sp³-hybridized carbons (Fsp3) is 0.611. The van der Waals surface area contributed by atoms with E-state index in [4.69, 9.17) is 23.7 Å². The molecule has 0 aromatic heterocycles. The topological polar surface area (TPSA) is 75.3 Å². The maximum atomic E-state index is 13.9. The summed E-state index contributed by atoms with van der Waals surface area (Å²) in [4.78, 5) is 12.8. The van der Waals surface area contributed by atoms with E-state index < -0.39 is 59.8 Å². The molecule has 7 nitrogen and oxygen atoms in total. The standard InChI is InChI=1S/C18H21F2NO6/c1-17(2)24-11-12(25-17)14-16(27-18(3,4)26-14)23-13(11)15(22)21-10-6-5-8(19)7-9(10)20/h5-7,11-14,16H,1-4H3,(H,21,22)/t11-,12-,13+,14+,16-/m0/s1. The van der Waals surface area contributed by atoms with Gasteiger partial charge in [0.15, 0.2) is 24.0 Å². The molecule has 0 spiro atoms. The molecule has 4 rings (SSSR count). The molecule has 1 aromatic rings.